The second-order valence-electron chi connectivity index (χ2n) is 4.93. The van der Waals surface area contributed by atoms with E-state index in [2.05, 4.69) is 26.1 Å². The second-order valence-corrected chi connectivity index (χ2v) is 4.93. The first-order valence-corrected chi connectivity index (χ1v) is 6.59. The molecule has 0 amide bonds. The molecule has 15 heavy (non-hydrogen) atoms. The van der Waals surface area contributed by atoms with Gasteiger partial charge in [0.1, 0.15) is 0 Å². The minimum absolute atomic E-state index is 0.702. The fraction of sp³-hybridized carbons (Fsp3) is 1.00. The van der Waals surface area contributed by atoms with Gasteiger partial charge in [0.25, 0.3) is 0 Å². The number of rotatable bonds is 6. The van der Waals surface area contributed by atoms with Crippen molar-refractivity contribution in [1.82, 2.24) is 5.32 Å². The Hall–Kier alpha value is -0.0800. The molecular weight excluding hydrogens is 186 g/mol. The minimum atomic E-state index is 0.702. The van der Waals surface area contributed by atoms with E-state index in [1.54, 1.807) is 0 Å². The van der Waals surface area contributed by atoms with Gasteiger partial charge in [-0.05, 0) is 37.6 Å². The molecule has 1 aliphatic heterocycles. The maximum absolute atomic E-state index is 5.60. The van der Waals surface area contributed by atoms with E-state index in [9.17, 15) is 0 Å². The molecule has 0 aromatic heterocycles. The van der Waals surface area contributed by atoms with Gasteiger partial charge in [0.2, 0.25) is 0 Å². The zero-order chi connectivity index (χ0) is 11.1. The molecule has 1 aliphatic rings. The van der Waals surface area contributed by atoms with E-state index in [-0.39, 0.29) is 0 Å². The van der Waals surface area contributed by atoms with Crippen LogP contribution in [0.25, 0.3) is 0 Å². The largest absolute Gasteiger partial charge is 0.381 e. The standard InChI is InChI=1S/C13H27NO/c1-4-7-14-13-6-8-15-10-12(13)9-11(3)5-2/h11-14H,4-10H2,1-3H3. The van der Waals surface area contributed by atoms with Crippen LogP contribution in [0.1, 0.15) is 46.5 Å². The van der Waals surface area contributed by atoms with Crippen LogP contribution in [-0.2, 0) is 4.74 Å². The van der Waals surface area contributed by atoms with Gasteiger partial charge >= 0.3 is 0 Å². The quantitative estimate of drug-likeness (QED) is 0.732. The van der Waals surface area contributed by atoms with E-state index in [4.69, 9.17) is 4.74 Å². The monoisotopic (exact) mass is 213 g/mol. The Morgan fingerprint density at radius 3 is 2.87 bits per heavy atom. The fourth-order valence-corrected chi connectivity index (χ4v) is 2.31. The van der Waals surface area contributed by atoms with E-state index >= 15 is 0 Å². The summed E-state index contributed by atoms with van der Waals surface area (Å²) in [4.78, 5) is 0. The van der Waals surface area contributed by atoms with E-state index in [1.807, 2.05) is 0 Å². The number of hydrogen-bond donors (Lipinski definition) is 1. The van der Waals surface area contributed by atoms with E-state index in [1.165, 1.54) is 25.7 Å². The summed E-state index contributed by atoms with van der Waals surface area (Å²) < 4.78 is 5.60. The molecular formula is C13H27NO. The predicted molar refractivity (Wildman–Crippen MR) is 65.1 cm³/mol. The van der Waals surface area contributed by atoms with Crippen LogP contribution >= 0.6 is 0 Å². The molecule has 3 atom stereocenters. The van der Waals surface area contributed by atoms with Crippen molar-refractivity contribution >= 4 is 0 Å². The van der Waals surface area contributed by atoms with E-state index in [0.29, 0.717) is 6.04 Å². The van der Waals surface area contributed by atoms with Gasteiger partial charge in [-0.25, -0.2) is 0 Å². The molecule has 0 bridgehead atoms. The summed E-state index contributed by atoms with van der Waals surface area (Å²) in [6.07, 6.45) is 5.03. The highest BCUT2D eigenvalue weighted by Gasteiger charge is 2.25. The lowest BCUT2D eigenvalue weighted by atomic mass is 9.86. The third-order valence-electron chi connectivity index (χ3n) is 3.53. The lowest BCUT2D eigenvalue weighted by Gasteiger charge is -2.33. The van der Waals surface area contributed by atoms with Crippen LogP contribution in [0.5, 0.6) is 0 Å². The number of nitrogens with one attached hydrogen (secondary N) is 1. The summed E-state index contributed by atoms with van der Waals surface area (Å²) in [6, 6.07) is 0.702. The van der Waals surface area contributed by atoms with Crippen molar-refractivity contribution in [3.8, 4) is 0 Å². The molecule has 0 aromatic rings. The first-order valence-electron chi connectivity index (χ1n) is 6.59. The summed E-state index contributed by atoms with van der Waals surface area (Å²) >= 11 is 0. The molecule has 0 saturated carbocycles. The second kappa shape index (κ2) is 7.24. The molecule has 3 unspecified atom stereocenters. The van der Waals surface area contributed by atoms with Gasteiger partial charge in [0.05, 0.1) is 6.61 Å². The molecule has 1 fully saturated rings. The first-order chi connectivity index (χ1) is 7.27. The van der Waals surface area contributed by atoms with Crippen LogP contribution < -0.4 is 5.32 Å². The Kier molecular flexibility index (Phi) is 6.26. The van der Waals surface area contributed by atoms with Crippen molar-refractivity contribution in [2.75, 3.05) is 19.8 Å². The highest BCUT2D eigenvalue weighted by molar-refractivity contribution is 4.80. The molecule has 0 aliphatic carbocycles. The number of ether oxygens (including phenoxy) is 1. The Morgan fingerprint density at radius 1 is 1.40 bits per heavy atom. The van der Waals surface area contributed by atoms with Crippen molar-refractivity contribution in [2.24, 2.45) is 11.8 Å². The van der Waals surface area contributed by atoms with Crippen LogP contribution in [0.3, 0.4) is 0 Å². The Labute approximate surface area is 94.8 Å². The lowest BCUT2D eigenvalue weighted by molar-refractivity contribution is 0.0230. The van der Waals surface area contributed by atoms with Gasteiger partial charge in [0.15, 0.2) is 0 Å². The van der Waals surface area contributed by atoms with Crippen molar-refractivity contribution in [3.05, 3.63) is 0 Å². The molecule has 1 saturated heterocycles. The Bertz CT molecular complexity index is 161. The van der Waals surface area contributed by atoms with Gasteiger partial charge in [0, 0.05) is 12.6 Å². The molecule has 2 heteroatoms. The summed E-state index contributed by atoms with van der Waals surface area (Å²) in [5.41, 5.74) is 0. The zero-order valence-electron chi connectivity index (χ0n) is 10.6. The maximum Gasteiger partial charge on any atom is 0.0509 e. The average Bonchev–Trinajstić information content (AvgIpc) is 2.28. The van der Waals surface area contributed by atoms with Crippen LogP contribution in [-0.4, -0.2) is 25.8 Å². The van der Waals surface area contributed by atoms with Crippen LogP contribution in [0, 0.1) is 11.8 Å². The van der Waals surface area contributed by atoms with Crippen LogP contribution in [0.2, 0.25) is 0 Å². The molecule has 1 N–H and O–H groups in total. The van der Waals surface area contributed by atoms with Gasteiger partial charge in [-0.3, -0.25) is 0 Å². The van der Waals surface area contributed by atoms with E-state index in [0.717, 1.165) is 31.6 Å². The first kappa shape index (κ1) is 13.0. The molecule has 1 rings (SSSR count). The van der Waals surface area contributed by atoms with Crippen molar-refractivity contribution in [2.45, 2.75) is 52.5 Å². The molecule has 2 nitrogen and oxygen atoms in total. The minimum Gasteiger partial charge on any atom is -0.381 e. The van der Waals surface area contributed by atoms with Gasteiger partial charge < -0.3 is 10.1 Å². The van der Waals surface area contributed by atoms with Gasteiger partial charge in [-0.15, -0.1) is 0 Å². The van der Waals surface area contributed by atoms with Gasteiger partial charge in [-0.1, -0.05) is 27.2 Å². The topological polar surface area (TPSA) is 21.3 Å². The highest BCUT2D eigenvalue weighted by atomic mass is 16.5. The Balaban J connectivity index is 2.35. The normalized spacial score (nSPS) is 29.0. The van der Waals surface area contributed by atoms with Crippen molar-refractivity contribution in [3.63, 3.8) is 0 Å². The molecule has 0 radical (unpaired) electrons. The Morgan fingerprint density at radius 2 is 2.20 bits per heavy atom. The summed E-state index contributed by atoms with van der Waals surface area (Å²) in [6.45, 7) is 9.93. The molecule has 1 heterocycles. The number of hydrogen-bond acceptors (Lipinski definition) is 2. The average molecular weight is 213 g/mol. The summed E-state index contributed by atoms with van der Waals surface area (Å²) in [7, 11) is 0. The van der Waals surface area contributed by atoms with Crippen molar-refractivity contribution < 1.29 is 4.74 Å². The highest BCUT2D eigenvalue weighted by Crippen LogP contribution is 2.23. The zero-order valence-corrected chi connectivity index (χ0v) is 10.6. The van der Waals surface area contributed by atoms with Crippen LogP contribution in [0.15, 0.2) is 0 Å². The third kappa shape index (κ3) is 4.52. The molecule has 0 spiro atoms. The summed E-state index contributed by atoms with van der Waals surface area (Å²) in [5.74, 6) is 1.57. The maximum atomic E-state index is 5.60. The lowest BCUT2D eigenvalue weighted by Crippen LogP contribution is -2.43. The van der Waals surface area contributed by atoms with Crippen LogP contribution in [0.4, 0.5) is 0 Å². The van der Waals surface area contributed by atoms with E-state index < -0.39 is 0 Å². The third-order valence-corrected chi connectivity index (χ3v) is 3.53. The summed E-state index contributed by atoms with van der Waals surface area (Å²) in [5, 5.41) is 3.67. The fourth-order valence-electron chi connectivity index (χ4n) is 2.31. The predicted octanol–water partition coefficient (Wildman–Crippen LogP) is 2.83. The van der Waals surface area contributed by atoms with Crippen molar-refractivity contribution in [1.29, 1.82) is 0 Å². The van der Waals surface area contributed by atoms with Gasteiger partial charge in [-0.2, -0.15) is 0 Å². The molecule has 0 aromatic carbocycles. The molecule has 90 valence electrons. The SMILES string of the molecule is CCCNC1CCOCC1CC(C)CC. The smallest absolute Gasteiger partial charge is 0.0509 e.